The highest BCUT2D eigenvalue weighted by atomic mass is 19.4. The molecule has 0 bridgehead atoms. The van der Waals surface area contributed by atoms with E-state index < -0.39 is 104 Å². The summed E-state index contributed by atoms with van der Waals surface area (Å²) in [6.45, 7) is 0. The summed E-state index contributed by atoms with van der Waals surface area (Å²) < 4.78 is 313. The van der Waals surface area contributed by atoms with Crippen LogP contribution in [0, 0.1) is 11.6 Å². The first-order valence-electron chi connectivity index (χ1n) is 9.41. The molecule has 40 heavy (non-hydrogen) atoms. The van der Waals surface area contributed by atoms with Gasteiger partial charge in [0.2, 0.25) is 0 Å². The van der Waals surface area contributed by atoms with Gasteiger partial charge in [0.25, 0.3) is 0 Å². The first-order valence-corrected chi connectivity index (χ1v) is 9.41. The minimum Gasteiger partial charge on any atom is -0.203 e. The number of hydrogen-bond donors (Lipinski definition) is 0. The Balaban J connectivity index is 2.43. The highest BCUT2D eigenvalue weighted by Gasteiger charge is 2.92. The van der Waals surface area contributed by atoms with Crippen molar-refractivity contribution in [2.45, 2.75) is 59.2 Å². The summed E-state index contributed by atoms with van der Waals surface area (Å²) >= 11 is 0. The third-order valence-electron chi connectivity index (χ3n) is 6.53. The van der Waals surface area contributed by atoms with E-state index in [0.717, 1.165) is 0 Å². The zero-order valence-corrected chi connectivity index (χ0v) is 17.3. The van der Waals surface area contributed by atoms with Crippen molar-refractivity contribution in [2.75, 3.05) is 0 Å². The Hall–Kier alpha value is -2.58. The molecule has 0 aromatic heterocycles. The van der Waals surface area contributed by atoms with Crippen LogP contribution in [0.4, 0.5) is 96.6 Å². The van der Waals surface area contributed by atoms with Crippen molar-refractivity contribution < 1.29 is 96.6 Å². The first kappa shape index (κ1) is 30.4. The van der Waals surface area contributed by atoms with Crippen molar-refractivity contribution in [3.63, 3.8) is 0 Å². The van der Waals surface area contributed by atoms with Crippen LogP contribution in [0.15, 0.2) is 5.57 Å². The number of fused-ring (bicyclic) bond motifs is 4. The molecule has 1 aromatic rings. The van der Waals surface area contributed by atoms with Crippen molar-refractivity contribution in [2.24, 2.45) is 0 Å². The maximum Gasteiger partial charge on any atom is 0.383 e. The predicted octanol–water partition coefficient (Wildman–Crippen LogP) is 8.48. The molecule has 0 amide bonds. The molecule has 22 heteroatoms. The number of allylic oxidation sites excluding steroid dienone is 2. The van der Waals surface area contributed by atoms with E-state index in [1.165, 1.54) is 0 Å². The van der Waals surface area contributed by atoms with Crippen molar-refractivity contribution in [3.8, 4) is 0 Å². The smallest absolute Gasteiger partial charge is 0.203 e. The van der Waals surface area contributed by atoms with Gasteiger partial charge in [-0.2, -0.15) is 87.8 Å². The van der Waals surface area contributed by atoms with Gasteiger partial charge in [0, 0.05) is 16.7 Å². The topological polar surface area (TPSA) is 0 Å². The van der Waals surface area contributed by atoms with Crippen LogP contribution in [0.5, 0.6) is 0 Å². The molecule has 4 rings (SSSR count). The van der Waals surface area contributed by atoms with Crippen LogP contribution in [0.25, 0.3) is 5.57 Å². The van der Waals surface area contributed by atoms with E-state index in [9.17, 15) is 96.6 Å². The lowest BCUT2D eigenvalue weighted by Gasteiger charge is -2.51. The van der Waals surface area contributed by atoms with Gasteiger partial charge in [0.05, 0.1) is 16.7 Å². The highest BCUT2D eigenvalue weighted by Crippen LogP contribution is 2.74. The third-order valence-corrected chi connectivity index (χ3v) is 6.53. The molecule has 0 unspecified atom stereocenters. The van der Waals surface area contributed by atoms with Crippen LogP contribution in [0.2, 0.25) is 0 Å². The fraction of sp³-hybridized carbons (Fsp3) is 0.556. The number of rotatable bonds is 0. The molecule has 0 fully saturated rings. The SMILES string of the molecule is Fc1c(F)c2c(c3c1C1=C(C(F)(F)C3(F)F)C(F)(F)C(F)(F)C(F)(F)C1(F)F)C(F)(F)C(F)(F)C(F)(F)C2(F)F. The fourth-order valence-corrected chi connectivity index (χ4v) is 4.53. The van der Waals surface area contributed by atoms with Gasteiger partial charge in [-0.15, -0.1) is 0 Å². The van der Waals surface area contributed by atoms with E-state index in [-0.39, 0.29) is 0 Å². The molecule has 0 heterocycles. The minimum atomic E-state index is -7.81. The fourth-order valence-electron chi connectivity index (χ4n) is 4.53. The second kappa shape index (κ2) is 6.89. The number of alkyl halides is 20. The Morgan fingerprint density at radius 3 is 1.07 bits per heavy atom. The summed E-state index contributed by atoms with van der Waals surface area (Å²) in [6.07, 6.45) is 0. The first-order chi connectivity index (χ1) is 17.3. The minimum absolute atomic E-state index is 4.10. The molecular weight excluding hydrogens is 634 g/mol. The normalized spacial score (nSPS) is 30.1. The van der Waals surface area contributed by atoms with Crippen LogP contribution >= 0.6 is 0 Å². The summed E-state index contributed by atoms with van der Waals surface area (Å²) in [4.78, 5) is 0. The lowest BCUT2D eigenvalue weighted by atomic mass is 9.65. The van der Waals surface area contributed by atoms with Crippen molar-refractivity contribution in [1.82, 2.24) is 0 Å². The molecule has 0 spiro atoms. The molecule has 1 aromatic carbocycles. The van der Waals surface area contributed by atoms with E-state index >= 15 is 0 Å². The average molecular weight is 634 g/mol. The maximum absolute atomic E-state index is 14.8. The van der Waals surface area contributed by atoms with Gasteiger partial charge < -0.3 is 0 Å². The lowest BCUT2D eigenvalue weighted by molar-refractivity contribution is -0.388. The molecule has 3 aliphatic carbocycles. The second-order valence-electron chi connectivity index (χ2n) is 8.62. The monoisotopic (exact) mass is 634 g/mol. The van der Waals surface area contributed by atoms with Gasteiger partial charge in [0.1, 0.15) is 0 Å². The standard InChI is InChI=1S/C18F22/c19-6-1-2(4-5(7(6)20)12(27,28)17(37,38)16(35,36)11(4,25)26)9(21,22)13(29,30)8-3(1)10(23,24)15(33,34)18(39,40)14(8,31)32. The van der Waals surface area contributed by atoms with Gasteiger partial charge in [-0.05, 0) is 0 Å². The quantitative estimate of drug-likeness (QED) is 0.252. The molecule has 0 N–H and O–H groups in total. The number of hydrogen-bond acceptors (Lipinski definition) is 0. The Kier molecular flexibility index (Phi) is 5.23. The van der Waals surface area contributed by atoms with Crippen LogP contribution in [0.3, 0.4) is 0 Å². The molecule has 0 nitrogen and oxygen atoms in total. The molecular formula is C18F22. The Bertz CT molecular complexity index is 1370. The highest BCUT2D eigenvalue weighted by molar-refractivity contribution is 5.86. The molecule has 0 saturated heterocycles. The Morgan fingerprint density at radius 2 is 0.650 bits per heavy atom. The van der Waals surface area contributed by atoms with Crippen LogP contribution in [0.1, 0.15) is 22.3 Å². The zero-order chi connectivity index (χ0) is 31.6. The van der Waals surface area contributed by atoms with E-state index in [1.54, 1.807) is 0 Å². The van der Waals surface area contributed by atoms with Crippen LogP contribution < -0.4 is 0 Å². The number of benzene rings is 1. The van der Waals surface area contributed by atoms with Gasteiger partial charge in [-0.1, -0.05) is 0 Å². The van der Waals surface area contributed by atoms with Gasteiger partial charge in [-0.3, -0.25) is 0 Å². The largest absolute Gasteiger partial charge is 0.383 e. The number of halogens is 22. The van der Waals surface area contributed by atoms with Crippen molar-refractivity contribution >= 4 is 5.57 Å². The summed E-state index contributed by atoms with van der Waals surface area (Å²) in [5, 5.41) is 0. The van der Waals surface area contributed by atoms with Crippen molar-refractivity contribution in [1.29, 1.82) is 0 Å². The van der Waals surface area contributed by atoms with Crippen LogP contribution in [-0.4, -0.2) is 41.5 Å². The second-order valence-corrected chi connectivity index (χ2v) is 8.62. The van der Waals surface area contributed by atoms with E-state index in [2.05, 4.69) is 0 Å². The summed E-state index contributed by atoms with van der Waals surface area (Å²) in [6, 6.07) is 0. The summed E-state index contributed by atoms with van der Waals surface area (Å²) in [5.41, 5.74) is -26.7. The van der Waals surface area contributed by atoms with Crippen molar-refractivity contribution in [3.05, 3.63) is 39.5 Å². The maximum atomic E-state index is 14.8. The third kappa shape index (κ3) is 2.54. The molecule has 0 aliphatic heterocycles. The predicted molar refractivity (Wildman–Crippen MR) is 79.6 cm³/mol. The van der Waals surface area contributed by atoms with Gasteiger partial charge in [0.15, 0.2) is 11.6 Å². The molecule has 3 aliphatic rings. The van der Waals surface area contributed by atoms with Crippen LogP contribution in [-0.2, 0) is 17.8 Å². The molecule has 0 saturated carbocycles. The average Bonchev–Trinajstić information content (AvgIpc) is 2.75. The van der Waals surface area contributed by atoms with Gasteiger partial charge >= 0.3 is 59.2 Å². The molecule has 0 atom stereocenters. The van der Waals surface area contributed by atoms with E-state index in [4.69, 9.17) is 0 Å². The molecule has 226 valence electrons. The Morgan fingerprint density at radius 1 is 0.300 bits per heavy atom. The van der Waals surface area contributed by atoms with Gasteiger partial charge in [-0.25, -0.2) is 8.78 Å². The lowest BCUT2D eigenvalue weighted by Crippen LogP contribution is -2.71. The molecule has 0 radical (unpaired) electrons. The summed E-state index contributed by atoms with van der Waals surface area (Å²) in [7, 11) is 0. The van der Waals surface area contributed by atoms with E-state index in [0.29, 0.717) is 0 Å². The summed E-state index contributed by atoms with van der Waals surface area (Å²) in [5.74, 6) is -84.8. The Labute approximate surface area is 202 Å². The zero-order valence-electron chi connectivity index (χ0n) is 17.3. The van der Waals surface area contributed by atoms with E-state index in [1.807, 2.05) is 0 Å².